The Kier molecular flexibility index (Phi) is 4.93. The van der Waals surface area contributed by atoms with Crippen molar-refractivity contribution < 1.29 is 9.90 Å². The van der Waals surface area contributed by atoms with E-state index in [-0.39, 0.29) is 17.8 Å². The van der Waals surface area contributed by atoms with E-state index >= 15 is 0 Å². The molecule has 86 valence electrons. The van der Waals surface area contributed by atoms with E-state index < -0.39 is 0 Å². The van der Waals surface area contributed by atoms with E-state index in [1.165, 1.54) is 0 Å². The second kappa shape index (κ2) is 6.23. The van der Waals surface area contributed by atoms with Crippen molar-refractivity contribution in [2.45, 2.75) is 31.3 Å². The summed E-state index contributed by atoms with van der Waals surface area (Å²) in [4.78, 5) is 11.6. The highest BCUT2D eigenvalue weighted by Gasteiger charge is 2.28. The zero-order valence-corrected chi connectivity index (χ0v) is 9.43. The van der Waals surface area contributed by atoms with Crippen molar-refractivity contribution in [2.75, 3.05) is 0 Å². The number of hydrogen-bond acceptors (Lipinski definition) is 2. The topological polar surface area (TPSA) is 37.3 Å². The molecule has 0 amide bonds. The van der Waals surface area contributed by atoms with Crippen LogP contribution in [0.1, 0.15) is 30.7 Å². The van der Waals surface area contributed by atoms with Crippen LogP contribution >= 0.6 is 0 Å². The van der Waals surface area contributed by atoms with Gasteiger partial charge >= 0.3 is 0 Å². The highest BCUT2D eigenvalue weighted by molar-refractivity contribution is 5.86. The number of carbonyl (C=O) groups excluding carboxylic acids is 1. The maximum Gasteiger partial charge on any atom is 0.140 e. The van der Waals surface area contributed by atoms with Gasteiger partial charge in [-0.15, -0.1) is 13.2 Å². The van der Waals surface area contributed by atoms with Crippen LogP contribution in [-0.2, 0) is 4.79 Å². The third-order valence-electron chi connectivity index (χ3n) is 2.82. The molecule has 0 radical (unpaired) electrons. The van der Waals surface area contributed by atoms with Crippen molar-refractivity contribution in [3.63, 3.8) is 0 Å². The fraction of sp³-hybridized carbons (Fsp3) is 0.357. The molecule has 0 heterocycles. The molecule has 2 heteroatoms. The quantitative estimate of drug-likeness (QED) is 0.736. The molecule has 2 rings (SSSR count). The first-order valence-electron chi connectivity index (χ1n) is 5.53. The summed E-state index contributed by atoms with van der Waals surface area (Å²) >= 11 is 0. The normalized spacial score (nSPS) is 24.4. The van der Waals surface area contributed by atoms with Gasteiger partial charge in [0.1, 0.15) is 5.78 Å². The van der Waals surface area contributed by atoms with Crippen LogP contribution < -0.4 is 0 Å². The molecule has 1 aliphatic carbocycles. The summed E-state index contributed by atoms with van der Waals surface area (Å²) in [7, 11) is 0. The molecular weight excluding hydrogens is 200 g/mol. The second-order valence-electron chi connectivity index (χ2n) is 3.86. The lowest BCUT2D eigenvalue weighted by molar-refractivity contribution is -0.123. The zero-order chi connectivity index (χ0) is 12.0. The Morgan fingerprint density at radius 1 is 1.19 bits per heavy atom. The van der Waals surface area contributed by atoms with Crippen molar-refractivity contribution in [3.8, 4) is 0 Å². The van der Waals surface area contributed by atoms with Gasteiger partial charge in [0.25, 0.3) is 0 Å². The predicted molar refractivity (Wildman–Crippen MR) is 65.3 cm³/mol. The molecule has 1 fully saturated rings. The second-order valence-corrected chi connectivity index (χ2v) is 3.86. The van der Waals surface area contributed by atoms with Crippen molar-refractivity contribution in [1.82, 2.24) is 0 Å². The Morgan fingerprint density at radius 3 is 2.44 bits per heavy atom. The Balaban J connectivity index is 0.000000606. The van der Waals surface area contributed by atoms with Crippen molar-refractivity contribution in [1.29, 1.82) is 0 Å². The lowest BCUT2D eigenvalue weighted by Crippen LogP contribution is -2.26. The van der Waals surface area contributed by atoms with Crippen LogP contribution in [-0.4, -0.2) is 17.0 Å². The third kappa shape index (κ3) is 3.04. The lowest BCUT2D eigenvalue weighted by atomic mass is 9.81. The molecule has 1 aromatic carbocycles. The molecule has 1 saturated carbocycles. The number of hydrogen-bond donors (Lipinski definition) is 1. The van der Waals surface area contributed by atoms with Gasteiger partial charge in [0.15, 0.2) is 0 Å². The summed E-state index contributed by atoms with van der Waals surface area (Å²) in [6.45, 7) is 6.00. The highest BCUT2D eigenvalue weighted by Crippen LogP contribution is 2.29. The first-order chi connectivity index (χ1) is 7.77. The van der Waals surface area contributed by atoms with Crippen molar-refractivity contribution >= 4 is 5.78 Å². The van der Waals surface area contributed by atoms with E-state index in [4.69, 9.17) is 0 Å². The zero-order valence-electron chi connectivity index (χ0n) is 9.43. The fourth-order valence-corrected chi connectivity index (χ4v) is 2.01. The highest BCUT2D eigenvalue weighted by atomic mass is 16.3. The molecule has 2 unspecified atom stereocenters. The minimum absolute atomic E-state index is 0.0834. The lowest BCUT2D eigenvalue weighted by Gasteiger charge is -2.24. The summed E-state index contributed by atoms with van der Waals surface area (Å²) in [6.07, 6.45) is 1.42. The van der Waals surface area contributed by atoms with E-state index in [9.17, 15) is 9.90 Å². The minimum atomic E-state index is -0.307. The monoisotopic (exact) mass is 218 g/mol. The molecule has 2 nitrogen and oxygen atoms in total. The summed E-state index contributed by atoms with van der Waals surface area (Å²) in [5.41, 5.74) is 1.04. The molecule has 0 aromatic heterocycles. The molecule has 0 bridgehead atoms. The van der Waals surface area contributed by atoms with Crippen LogP contribution in [0, 0.1) is 0 Å². The number of carbonyl (C=O) groups is 1. The van der Waals surface area contributed by atoms with Crippen molar-refractivity contribution in [2.24, 2.45) is 0 Å². The first-order valence-corrected chi connectivity index (χ1v) is 5.53. The molecule has 0 aliphatic heterocycles. The number of rotatable bonds is 1. The number of ketones is 1. The van der Waals surface area contributed by atoms with Crippen LogP contribution in [0.25, 0.3) is 0 Å². The molecular formula is C14H18O2. The number of aliphatic hydroxyl groups is 1. The van der Waals surface area contributed by atoms with Gasteiger partial charge in [-0.25, -0.2) is 0 Å². The van der Waals surface area contributed by atoms with E-state index in [1.807, 2.05) is 30.3 Å². The minimum Gasteiger partial charge on any atom is -0.393 e. The van der Waals surface area contributed by atoms with Gasteiger partial charge in [0.2, 0.25) is 0 Å². The molecule has 0 spiro atoms. The Labute approximate surface area is 96.6 Å². The number of aliphatic hydroxyl groups excluding tert-OH is 1. The molecule has 0 saturated heterocycles. The first kappa shape index (κ1) is 12.7. The van der Waals surface area contributed by atoms with Crippen LogP contribution in [0.3, 0.4) is 0 Å². The van der Waals surface area contributed by atoms with Gasteiger partial charge in [-0.2, -0.15) is 0 Å². The largest absolute Gasteiger partial charge is 0.393 e. The summed E-state index contributed by atoms with van der Waals surface area (Å²) in [5.74, 6) is 0.182. The van der Waals surface area contributed by atoms with Crippen LogP contribution in [0.5, 0.6) is 0 Å². The average molecular weight is 218 g/mol. The van der Waals surface area contributed by atoms with Crippen LogP contribution in [0.2, 0.25) is 0 Å². The summed E-state index contributed by atoms with van der Waals surface area (Å²) < 4.78 is 0. The summed E-state index contributed by atoms with van der Waals surface area (Å²) in [6, 6.07) is 9.72. The van der Waals surface area contributed by atoms with Gasteiger partial charge in [0, 0.05) is 12.3 Å². The predicted octanol–water partition coefficient (Wildman–Crippen LogP) is 2.69. The van der Waals surface area contributed by atoms with Crippen LogP contribution in [0.4, 0.5) is 0 Å². The van der Waals surface area contributed by atoms with E-state index in [0.717, 1.165) is 5.56 Å². The molecule has 2 atom stereocenters. The third-order valence-corrected chi connectivity index (χ3v) is 2.82. The van der Waals surface area contributed by atoms with E-state index in [0.29, 0.717) is 19.3 Å². The van der Waals surface area contributed by atoms with Crippen LogP contribution in [0.15, 0.2) is 43.5 Å². The Hall–Kier alpha value is -1.41. The SMILES string of the molecule is C=C.O=C1CCC(O)CC1c1ccccc1. The standard InChI is InChI=1S/C12H14O2.C2H4/c13-10-6-7-12(14)11(8-10)9-4-2-1-3-5-9;1-2/h1-5,10-11,13H,6-8H2;1-2H2. The number of benzene rings is 1. The Morgan fingerprint density at radius 2 is 1.81 bits per heavy atom. The molecule has 1 aromatic rings. The fourth-order valence-electron chi connectivity index (χ4n) is 2.01. The van der Waals surface area contributed by atoms with Gasteiger partial charge in [-0.3, -0.25) is 4.79 Å². The molecule has 1 aliphatic rings. The summed E-state index contributed by atoms with van der Waals surface area (Å²) in [5, 5.41) is 9.51. The molecule has 1 N–H and O–H groups in total. The van der Waals surface area contributed by atoms with E-state index in [2.05, 4.69) is 13.2 Å². The maximum absolute atomic E-state index is 11.6. The van der Waals surface area contributed by atoms with Gasteiger partial charge in [0.05, 0.1) is 6.10 Å². The van der Waals surface area contributed by atoms with Gasteiger partial charge < -0.3 is 5.11 Å². The Bertz CT molecular complexity index is 332. The van der Waals surface area contributed by atoms with Gasteiger partial charge in [-0.05, 0) is 18.4 Å². The molecule has 16 heavy (non-hydrogen) atoms. The smallest absolute Gasteiger partial charge is 0.140 e. The maximum atomic E-state index is 11.6. The van der Waals surface area contributed by atoms with Crippen molar-refractivity contribution in [3.05, 3.63) is 49.1 Å². The number of Topliss-reactive ketones (excluding diaryl/α,β-unsaturated/α-hetero) is 1. The average Bonchev–Trinajstić information content (AvgIpc) is 2.36. The van der Waals surface area contributed by atoms with E-state index in [1.54, 1.807) is 0 Å². The van der Waals surface area contributed by atoms with Gasteiger partial charge in [-0.1, -0.05) is 30.3 Å².